The minimum atomic E-state index is -0.157. The summed E-state index contributed by atoms with van der Waals surface area (Å²) in [5.74, 6) is 3.78. The number of rotatable bonds is 2. The van der Waals surface area contributed by atoms with Crippen molar-refractivity contribution in [2.24, 2.45) is 15.9 Å². The lowest BCUT2D eigenvalue weighted by Crippen LogP contribution is -2.74. The monoisotopic (exact) mass is 385 g/mol. The van der Waals surface area contributed by atoms with Crippen molar-refractivity contribution < 1.29 is 9.47 Å². The van der Waals surface area contributed by atoms with E-state index >= 15 is 0 Å². The van der Waals surface area contributed by atoms with Gasteiger partial charge in [-0.15, -0.1) is 0 Å². The first-order chi connectivity index (χ1) is 13.6. The van der Waals surface area contributed by atoms with Crippen molar-refractivity contribution >= 4 is 11.7 Å². The molecule has 7 nitrogen and oxygen atoms in total. The molecule has 4 unspecified atom stereocenters. The highest BCUT2D eigenvalue weighted by Crippen LogP contribution is 2.41. The number of hydrogen-bond donors (Lipinski definition) is 3. The van der Waals surface area contributed by atoms with E-state index in [1.54, 1.807) is 12.5 Å². The number of nitrogens with one attached hydrogen (secondary N) is 3. The van der Waals surface area contributed by atoms with Gasteiger partial charge in [0.05, 0.1) is 17.9 Å². The highest BCUT2D eigenvalue weighted by Gasteiger charge is 2.56. The topological polar surface area (TPSA) is 79.3 Å². The fourth-order valence-electron chi connectivity index (χ4n) is 5.45. The van der Waals surface area contributed by atoms with Crippen LogP contribution in [0.25, 0.3) is 0 Å². The molecule has 28 heavy (non-hydrogen) atoms. The van der Waals surface area contributed by atoms with Crippen LogP contribution < -0.4 is 16.0 Å². The maximum Gasteiger partial charge on any atom is 0.203 e. The Balaban J connectivity index is 1.36. The number of aliphatic imine (C=N–C) groups is 2. The summed E-state index contributed by atoms with van der Waals surface area (Å²) >= 11 is 0. The summed E-state index contributed by atoms with van der Waals surface area (Å²) in [5, 5.41) is 11.2. The van der Waals surface area contributed by atoms with E-state index in [0.717, 1.165) is 23.9 Å². The number of ether oxygens (including phenoxy) is 2. The smallest absolute Gasteiger partial charge is 0.203 e. The van der Waals surface area contributed by atoms with Crippen LogP contribution in [0, 0.1) is 5.92 Å². The van der Waals surface area contributed by atoms with Gasteiger partial charge in [-0.25, -0.2) is 0 Å². The quantitative estimate of drug-likeness (QED) is 0.681. The van der Waals surface area contributed by atoms with Gasteiger partial charge in [-0.2, -0.15) is 0 Å². The number of nitrogens with zero attached hydrogens (tertiary/aromatic N) is 2. The molecule has 0 radical (unpaired) electrons. The summed E-state index contributed by atoms with van der Waals surface area (Å²) in [7, 11) is 0. The van der Waals surface area contributed by atoms with Crippen molar-refractivity contribution in [3.05, 3.63) is 24.0 Å². The molecule has 4 heterocycles. The Hall–Kier alpha value is -2.02. The molecule has 152 valence electrons. The minimum absolute atomic E-state index is 0.0850. The van der Waals surface area contributed by atoms with Crippen molar-refractivity contribution in [2.75, 3.05) is 0 Å². The first kappa shape index (κ1) is 18.0. The van der Waals surface area contributed by atoms with Gasteiger partial charge in [0.25, 0.3) is 0 Å². The molecule has 1 saturated carbocycles. The van der Waals surface area contributed by atoms with Crippen LogP contribution in [-0.2, 0) is 9.47 Å². The third kappa shape index (κ3) is 3.09. The molecule has 4 atom stereocenters. The van der Waals surface area contributed by atoms with E-state index in [-0.39, 0.29) is 23.9 Å². The summed E-state index contributed by atoms with van der Waals surface area (Å²) < 4.78 is 11.2. The van der Waals surface area contributed by atoms with Gasteiger partial charge in [0.15, 0.2) is 5.84 Å². The summed E-state index contributed by atoms with van der Waals surface area (Å²) in [6.45, 7) is 3.96. The van der Waals surface area contributed by atoms with Crippen LogP contribution in [0.4, 0.5) is 0 Å². The Labute approximate surface area is 166 Å². The van der Waals surface area contributed by atoms with Crippen LogP contribution >= 0.6 is 0 Å². The average molecular weight is 386 g/mol. The van der Waals surface area contributed by atoms with E-state index in [0.29, 0.717) is 11.7 Å². The molecule has 4 aliphatic heterocycles. The van der Waals surface area contributed by atoms with E-state index in [1.165, 1.54) is 44.9 Å². The van der Waals surface area contributed by atoms with Crippen molar-refractivity contribution in [1.29, 1.82) is 0 Å². The summed E-state index contributed by atoms with van der Waals surface area (Å²) in [6, 6.07) is 0.373. The maximum atomic E-state index is 5.67. The maximum absolute atomic E-state index is 5.67. The third-order valence-electron chi connectivity index (χ3n) is 6.78. The zero-order valence-corrected chi connectivity index (χ0v) is 16.8. The summed E-state index contributed by atoms with van der Waals surface area (Å²) in [5.41, 5.74) is -0.157. The second-order valence-electron chi connectivity index (χ2n) is 8.76. The van der Waals surface area contributed by atoms with Gasteiger partial charge < -0.3 is 20.1 Å². The van der Waals surface area contributed by atoms with Gasteiger partial charge >= 0.3 is 0 Å². The molecule has 0 aromatic heterocycles. The Morgan fingerprint density at radius 1 is 1.00 bits per heavy atom. The zero-order chi connectivity index (χ0) is 19.1. The van der Waals surface area contributed by atoms with Crippen molar-refractivity contribution in [2.45, 2.75) is 89.1 Å². The fourth-order valence-corrected chi connectivity index (χ4v) is 5.45. The molecule has 1 saturated heterocycles. The zero-order valence-electron chi connectivity index (χ0n) is 16.8. The molecule has 0 aromatic carbocycles. The van der Waals surface area contributed by atoms with Gasteiger partial charge in [0.2, 0.25) is 5.76 Å². The van der Waals surface area contributed by atoms with E-state index < -0.39 is 0 Å². The molecular weight excluding hydrogens is 354 g/mol. The van der Waals surface area contributed by atoms with E-state index in [4.69, 9.17) is 19.5 Å². The lowest BCUT2D eigenvalue weighted by molar-refractivity contribution is 0.0751. The highest BCUT2D eigenvalue weighted by atomic mass is 16.5. The Morgan fingerprint density at radius 3 is 2.54 bits per heavy atom. The van der Waals surface area contributed by atoms with E-state index in [2.05, 4.69) is 22.9 Å². The molecule has 5 aliphatic rings. The van der Waals surface area contributed by atoms with Crippen LogP contribution in [0.3, 0.4) is 0 Å². The number of piperidine rings is 1. The minimum Gasteiger partial charge on any atom is -0.462 e. The average Bonchev–Trinajstić information content (AvgIpc) is 3.18. The first-order valence-electron chi connectivity index (χ1n) is 10.8. The molecule has 0 spiro atoms. The SMILES string of the molecule is CC1=COC(C2=NC3CC4N=C(C)NC4(C4CCCCCCC4)NC3N2)=CO1. The molecule has 2 fully saturated rings. The van der Waals surface area contributed by atoms with Gasteiger partial charge in [-0.05, 0) is 39.0 Å². The predicted molar refractivity (Wildman–Crippen MR) is 108 cm³/mol. The second-order valence-corrected chi connectivity index (χ2v) is 8.76. The number of allylic oxidation sites excluding steroid dienone is 1. The summed E-state index contributed by atoms with van der Waals surface area (Å²) in [4.78, 5) is 9.88. The van der Waals surface area contributed by atoms with Gasteiger partial charge in [0, 0.05) is 0 Å². The highest BCUT2D eigenvalue weighted by molar-refractivity contribution is 5.98. The molecule has 5 rings (SSSR count). The standard InChI is InChI=1S/C21H31N5O2/c1-13-11-28-17(12-27-13)20-23-16-10-18-21(25-14(2)22-18,26-19(16)24-20)15-8-6-4-3-5-7-9-15/h11-12,15-16,18-19,26H,3-10H2,1-2H3,(H,22,25)(H,23,24). The molecule has 0 amide bonds. The largest absolute Gasteiger partial charge is 0.462 e. The lowest BCUT2D eigenvalue weighted by atomic mass is 9.74. The van der Waals surface area contributed by atoms with Crippen LogP contribution in [0.1, 0.15) is 65.2 Å². The Kier molecular flexibility index (Phi) is 4.57. The fraction of sp³-hybridized carbons (Fsp3) is 0.714. The molecule has 1 aliphatic carbocycles. The van der Waals surface area contributed by atoms with Crippen molar-refractivity contribution in [3.63, 3.8) is 0 Å². The van der Waals surface area contributed by atoms with Gasteiger partial charge in [0.1, 0.15) is 30.1 Å². The van der Waals surface area contributed by atoms with Gasteiger partial charge in [-0.3, -0.25) is 15.3 Å². The number of amidine groups is 2. The van der Waals surface area contributed by atoms with E-state index in [1.807, 2.05) is 6.92 Å². The Morgan fingerprint density at radius 2 is 1.79 bits per heavy atom. The number of hydrogen-bond acceptors (Lipinski definition) is 7. The van der Waals surface area contributed by atoms with Crippen molar-refractivity contribution in [1.82, 2.24) is 16.0 Å². The van der Waals surface area contributed by atoms with Crippen LogP contribution in [0.2, 0.25) is 0 Å². The van der Waals surface area contributed by atoms with Crippen LogP contribution in [0.5, 0.6) is 0 Å². The lowest BCUT2D eigenvalue weighted by Gasteiger charge is -2.49. The van der Waals surface area contributed by atoms with E-state index in [9.17, 15) is 0 Å². The molecule has 7 heteroatoms. The molecule has 0 bridgehead atoms. The summed E-state index contributed by atoms with van der Waals surface area (Å²) in [6.07, 6.45) is 13.5. The van der Waals surface area contributed by atoms with Gasteiger partial charge in [-0.1, -0.05) is 32.1 Å². The number of fused-ring (bicyclic) bond motifs is 2. The molecule has 0 aromatic rings. The first-order valence-corrected chi connectivity index (χ1v) is 10.8. The van der Waals surface area contributed by atoms with Crippen LogP contribution in [-0.4, -0.2) is 35.6 Å². The predicted octanol–water partition coefficient (Wildman–Crippen LogP) is 2.87. The van der Waals surface area contributed by atoms with Crippen molar-refractivity contribution in [3.8, 4) is 0 Å². The third-order valence-corrected chi connectivity index (χ3v) is 6.78. The van der Waals surface area contributed by atoms with Crippen LogP contribution in [0.15, 0.2) is 34.0 Å². The second kappa shape index (κ2) is 7.10. The molecular formula is C21H31N5O2. The Bertz CT molecular complexity index is 750. The molecule has 3 N–H and O–H groups in total. The normalized spacial score (nSPS) is 38.0.